The third kappa shape index (κ3) is 3.82. The molecular formula is C22H24N2O5. The Balaban J connectivity index is 1.59. The van der Waals surface area contributed by atoms with Crippen molar-refractivity contribution >= 4 is 23.2 Å². The number of aryl methyl sites for hydroxylation is 2. The predicted octanol–water partition coefficient (Wildman–Crippen LogP) is 3.49. The fraction of sp³-hybridized carbons (Fsp3) is 0.409. The van der Waals surface area contributed by atoms with Crippen LogP contribution in [0.4, 0.5) is 11.4 Å². The summed E-state index contributed by atoms with van der Waals surface area (Å²) in [7, 11) is 0. The van der Waals surface area contributed by atoms with Gasteiger partial charge >= 0.3 is 5.63 Å². The minimum absolute atomic E-state index is 0.0196. The zero-order valence-corrected chi connectivity index (χ0v) is 16.6. The van der Waals surface area contributed by atoms with E-state index >= 15 is 0 Å². The Morgan fingerprint density at radius 1 is 1.14 bits per heavy atom. The predicted molar refractivity (Wildman–Crippen MR) is 108 cm³/mol. The zero-order valence-electron chi connectivity index (χ0n) is 16.6. The Hall–Kier alpha value is -2.93. The van der Waals surface area contributed by atoms with E-state index in [4.69, 9.17) is 9.15 Å². The van der Waals surface area contributed by atoms with Gasteiger partial charge in [-0.25, -0.2) is 4.79 Å². The number of rotatable bonds is 4. The molecule has 152 valence electrons. The summed E-state index contributed by atoms with van der Waals surface area (Å²) in [6.07, 6.45) is 2.86. The van der Waals surface area contributed by atoms with E-state index < -0.39 is 11.5 Å². The summed E-state index contributed by atoms with van der Waals surface area (Å²) in [5, 5.41) is 2.81. The molecule has 3 heterocycles. The third-order valence-electron chi connectivity index (χ3n) is 5.50. The Morgan fingerprint density at radius 3 is 2.62 bits per heavy atom. The summed E-state index contributed by atoms with van der Waals surface area (Å²) < 4.78 is 11.0. The first-order chi connectivity index (χ1) is 13.9. The largest absolute Gasteiger partial charge is 0.424 e. The highest BCUT2D eigenvalue weighted by Gasteiger charge is 2.25. The van der Waals surface area contributed by atoms with E-state index in [1.165, 1.54) is 0 Å². The zero-order chi connectivity index (χ0) is 20.5. The van der Waals surface area contributed by atoms with Crippen LogP contribution in [0.3, 0.4) is 0 Å². The van der Waals surface area contributed by atoms with Gasteiger partial charge in [0.2, 0.25) is 5.91 Å². The van der Waals surface area contributed by atoms with E-state index in [2.05, 4.69) is 5.32 Å². The molecule has 4 rings (SSSR count). The smallest absolute Gasteiger partial charge is 0.349 e. The first kappa shape index (κ1) is 19.4. The van der Waals surface area contributed by atoms with E-state index in [1.54, 1.807) is 24.0 Å². The highest BCUT2D eigenvalue weighted by atomic mass is 16.5. The average Bonchev–Trinajstić information content (AvgIpc) is 3.35. The fourth-order valence-electron chi connectivity index (χ4n) is 3.89. The fourth-order valence-corrected chi connectivity index (χ4v) is 3.89. The Labute approximate surface area is 168 Å². The van der Waals surface area contributed by atoms with E-state index in [-0.39, 0.29) is 17.6 Å². The van der Waals surface area contributed by atoms with Gasteiger partial charge in [0, 0.05) is 30.9 Å². The first-order valence-corrected chi connectivity index (χ1v) is 9.92. The van der Waals surface area contributed by atoms with Gasteiger partial charge in [-0.3, -0.25) is 9.59 Å². The molecule has 0 bridgehead atoms. The van der Waals surface area contributed by atoms with Gasteiger partial charge in [0.15, 0.2) is 0 Å². The standard InChI is InChI=1S/C22H24N2O5/c1-13-7-8-15(24-9-3-6-19(24)25)12-16(13)23-21(26)20-14(2)11-18(29-22(20)27)17-5-4-10-28-17/h7-8,11-12,17H,3-6,9-10H2,1-2H3,(H,23,26). The summed E-state index contributed by atoms with van der Waals surface area (Å²) in [5.41, 5.74) is 2.00. The number of ether oxygens (including phenoxy) is 1. The third-order valence-corrected chi connectivity index (χ3v) is 5.50. The molecule has 2 aliphatic heterocycles. The first-order valence-electron chi connectivity index (χ1n) is 9.92. The van der Waals surface area contributed by atoms with E-state index in [0.717, 1.165) is 30.5 Å². The Morgan fingerprint density at radius 2 is 1.97 bits per heavy atom. The van der Waals surface area contributed by atoms with Crippen molar-refractivity contribution in [3.05, 3.63) is 57.1 Å². The molecule has 1 N–H and O–H groups in total. The van der Waals surface area contributed by atoms with Gasteiger partial charge in [0.25, 0.3) is 5.91 Å². The van der Waals surface area contributed by atoms with Gasteiger partial charge in [-0.15, -0.1) is 0 Å². The lowest BCUT2D eigenvalue weighted by molar-refractivity contribution is -0.117. The molecule has 7 heteroatoms. The van der Waals surface area contributed by atoms with Crippen LogP contribution in [0.15, 0.2) is 33.5 Å². The molecule has 2 amide bonds. The lowest BCUT2D eigenvalue weighted by atomic mass is 10.1. The summed E-state index contributed by atoms with van der Waals surface area (Å²) >= 11 is 0. The molecule has 1 unspecified atom stereocenters. The molecular weight excluding hydrogens is 372 g/mol. The molecule has 0 radical (unpaired) electrons. The molecule has 2 aliphatic rings. The number of nitrogens with zero attached hydrogens (tertiary/aromatic N) is 1. The lowest BCUT2D eigenvalue weighted by Gasteiger charge is -2.18. The van der Waals surface area contributed by atoms with E-state index in [1.807, 2.05) is 19.1 Å². The quantitative estimate of drug-likeness (QED) is 0.855. The molecule has 1 atom stereocenters. The summed E-state index contributed by atoms with van der Waals surface area (Å²) in [5.74, 6) is 0.0164. The summed E-state index contributed by atoms with van der Waals surface area (Å²) in [4.78, 5) is 39.1. The van der Waals surface area contributed by atoms with Crippen LogP contribution in [-0.2, 0) is 9.53 Å². The number of hydrogen-bond donors (Lipinski definition) is 1. The molecule has 1 aromatic heterocycles. The highest BCUT2D eigenvalue weighted by molar-refractivity contribution is 6.06. The average molecular weight is 396 g/mol. The second kappa shape index (κ2) is 7.83. The maximum absolute atomic E-state index is 12.9. The van der Waals surface area contributed by atoms with Crippen LogP contribution >= 0.6 is 0 Å². The van der Waals surface area contributed by atoms with Crippen LogP contribution in [0.1, 0.15) is 59.0 Å². The normalized spacial score (nSPS) is 19.0. The van der Waals surface area contributed by atoms with E-state index in [0.29, 0.717) is 36.6 Å². The molecule has 0 aliphatic carbocycles. The van der Waals surface area contributed by atoms with Gasteiger partial charge in [-0.1, -0.05) is 6.07 Å². The molecule has 0 spiro atoms. The minimum atomic E-state index is -0.670. The second-order valence-electron chi connectivity index (χ2n) is 7.60. The van der Waals surface area contributed by atoms with Crippen molar-refractivity contribution < 1.29 is 18.7 Å². The van der Waals surface area contributed by atoms with Gasteiger partial charge in [0.1, 0.15) is 17.4 Å². The Kier molecular flexibility index (Phi) is 5.24. The maximum Gasteiger partial charge on any atom is 0.349 e. The number of nitrogens with one attached hydrogen (secondary N) is 1. The van der Waals surface area contributed by atoms with Crippen molar-refractivity contribution in [2.24, 2.45) is 0 Å². The number of carbonyl (C=O) groups excluding carboxylic acids is 2. The minimum Gasteiger partial charge on any atom is -0.424 e. The van der Waals surface area contributed by atoms with Crippen molar-refractivity contribution in [1.29, 1.82) is 0 Å². The molecule has 2 aromatic rings. The maximum atomic E-state index is 12.9. The van der Waals surface area contributed by atoms with Gasteiger partial charge in [0.05, 0.1) is 0 Å². The van der Waals surface area contributed by atoms with Crippen LogP contribution in [0.25, 0.3) is 0 Å². The molecule has 7 nitrogen and oxygen atoms in total. The number of anilines is 2. The highest BCUT2D eigenvalue weighted by Crippen LogP contribution is 2.29. The molecule has 1 aromatic carbocycles. The monoisotopic (exact) mass is 396 g/mol. The van der Waals surface area contributed by atoms with Crippen LogP contribution < -0.4 is 15.8 Å². The van der Waals surface area contributed by atoms with Gasteiger partial charge in [-0.05, 0) is 62.4 Å². The van der Waals surface area contributed by atoms with Crippen molar-refractivity contribution in [2.75, 3.05) is 23.4 Å². The topological polar surface area (TPSA) is 88.8 Å². The van der Waals surface area contributed by atoms with Crippen LogP contribution in [-0.4, -0.2) is 25.0 Å². The molecule has 29 heavy (non-hydrogen) atoms. The van der Waals surface area contributed by atoms with Crippen LogP contribution in [0.5, 0.6) is 0 Å². The van der Waals surface area contributed by atoms with Gasteiger partial charge < -0.3 is 19.4 Å². The number of benzene rings is 1. The Bertz CT molecular complexity index is 1020. The molecule has 2 saturated heterocycles. The number of hydrogen-bond acceptors (Lipinski definition) is 5. The van der Waals surface area contributed by atoms with Crippen molar-refractivity contribution in [1.82, 2.24) is 0 Å². The second-order valence-corrected chi connectivity index (χ2v) is 7.60. The van der Waals surface area contributed by atoms with Crippen LogP contribution in [0.2, 0.25) is 0 Å². The van der Waals surface area contributed by atoms with Gasteiger partial charge in [-0.2, -0.15) is 0 Å². The van der Waals surface area contributed by atoms with E-state index in [9.17, 15) is 14.4 Å². The molecule has 2 fully saturated rings. The lowest BCUT2D eigenvalue weighted by Crippen LogP contribution is -2.25. The summed E-state index contributed by atoms with van der Waals surface area (Å²) in [6, 6.07) is 7.20. The summed E-state index contributed by atoms with van der Waals surface area (Å²) in [6.45, 7) is 4.89. The van der Waals surface area contributed by atoms with Crippen molar-refractivity contribution in [2.45, 2.75) is 45.6 Å². The van der Waals surface area contributed by atoms with Crippen LogP contribution in [0, 0.1) is 13.8 Å². The number of carbonyl (C=O) groups is 2. The SMILES string of the molecule is Cc1ccc(N2CCCC2=O)cc1NC(=O)c1c(C)cc(C2CCCO2)oc1=O. The molecule has 0 saturated carbocycles. The van der Waals surface area contributed by atoms with Crippen molar-refractivity contribution in [3.63, 3.8) is 0 Å². The van der Waals surface area contributed by atoms with Crippen molar-refractivity contribution in [3.8, 4) is 0 Å². The number of amides is 2.